The molecule has 1 aliphatic heterocycles. The lowest BCUT2D eigenvalue weighted by Crippen LogP contribution is -2.49. The van der Waals surface area contributed by atoms with Crippen LogP contribution in [0.1, 0.15) is 47.7 Å². The number of rotatable bonds is 4. The number of hydrogen-bond donors (Lipinski definition) is 1. The van der Waals surface area contributed by atoms with Crippen molar-refractivity contribution >= 4 is 17.4 Å². The number of para-hydroxylation sites is 1. The average molecular weight is 349 g/mol. The van der Waals surface area contributed by atoms with Crippen LogP contribution in [0, 0.1) is 5.92 Å². The van der Waals surface area contributed by atoms with Gasteiger partial charge in [0.2, 0.25) is 0 Å². The summed E-state index contributed by atoms with van der Waals surface area (Å²) in [5, 5.41) is 11.6. The topological polar surface area (TPSA) is 57.6 Å². The van der Waals surface area contributed by atoms with Crippen molar-refractivity contribution in [2.75, 3.05) is 11.4 Å². The number of Topliss-reactive ketones (excluding diaryl/α,β-unsaturated/α-hetero) is 1. The number of amides is 1. The Labute approximate surface area is 153 Å². The second-order valence-corrected chi connectivity index (χ2v) is 7.21. The number of aryl methyl sites for hydroxylation is 1. The normalized spacial score (nSPS) is 24.5. The predicted octanol–water partition coefficient (Wildman–Crippen LogP) is 3.47. The van der Waals surface area contributed by atoms with Gasteiger partial charge in [0.15, 0.2) is 11.4 Å². The molecule has 1 amide bonds. The predicted molar refractivity (Wildman–Crippen MR) is 100 cm³/mol. The zero-order valence-corrected chi connectivity index (χ0v) is 14.9. The number of fused-ring (bicyclic) bond motifs is 2. The number of carbonyl (C=O) groups is 2. The highest BCUT2D eigenvalue weighted by molar-refractivity contribution is 6.12. The molecule has 0 unspecified atom stereocenters. The van der Waals surface area contributed by atoms with E-state index in [0.29, 0.717) is 30.5 Å². The molecule has 4 nitrogen and oxygen atoms in total. The Balaban J connectivity index is 1.78. The van der Waals surface area contributed by atoms with Gasteiger partial charge >= 0.3 is 0 Å². The highest BCUT2D eigenvalue weighted by Crippen LogP contribution is 2.48. The number of unbranched alkanes of at least 4 members (excludes halogenated alkanes) is 1. The van der Waals surface area contributed by atoms with E-state index >= 15 is 0 Å². The quantitative estimate of drug-likeness (QED) is 0.919. The van der Waals surface area contributed by atoms with Crippen molar-refractivity contribution in [2.45, 2.75) is 38.2 Å². The molecular formula is C22H23NO3. The van der Waals surface area contributed by atoms with E-state index in [1.165, 1.54) is 0 Å². The zero-order valence-electron chi connectivity index (χ0n) is 14.9. The SMILES string of the molecule is CCCCN1C(=O)[C@@](O)([C@H]2CCc3ccccc3C2=O)c2ccccc21. The van der Waals surface area contributed by atoms with Crippen molar-refractivity contribution < 1.29 is 14.7 Å². The van der Waals surface area contributed by atoms with Crippen LogP contribution in [-0.4, -0.2) is 23.3 Å². The molecule has 0 fully saturated rings. The van der Waals surface area contributed by atoms with Gasteiger partial charge < -0.3 is 10.0 Å². The van der Waals surface area contributed by atoms with Gasteiger partial charge in [-0.05, 0) is 30.9 Å². The first-order chi connectivity index (χ1) is 12.6. The van der Waals surface area contributed by atoms with Crippen LogP contribution in [0.25, 0.3) is 0 Å². The zero-order chi connectivity index (χ0) is 18.3. The molecule has 134 valence electrons. The molecule has 2 aromatic rings. The second kappa shape index (κ2) is 6.36. The largest absolute Gasteiger partial charge is 0.375 e. The number of benzene rings is 2. The molecule has 2 aromatic carbocycles. The summed E-state index contributed by atoms with van der Waals surface area (Å²) in [6.07, 6.45) is 2.99. The van der Waals surface area contributed by atoms with Crippen molar-refractivity contribution in [1.82, 2.24) is 0 Å². The molecule has 0 radical (unpaired) electrons. The fourth-order valence-electron chi connectivity index (χ4n) is 4.33. The second-order valence-electron chi connectivity index (χ2n) is 7.21. The van der Waals surface area contributed by atoms with Crippen LogP contribution in [0.4, 0.5) is 5.69 Å². The third-order valence-corrected chi connectivity index (χ3v) is 5.72. The minimum Gasteiger partial charge on any atom is -0.375 e. The van der Waals surface area contributed by atoms with Crippen LogP contribution in [0.15, 0.2) is 48.5 Å². The van der Waals surface area contributed by atoms with E-state index < -0.39 is 11.5 Å². The molecule has 26 heavy (non-hydrogen) atoms. The lowest BCUT2D eigenvalue weighted by molar-refractivity contribution is -0.140. The molecular weight excluding hydrogens is 326 g/mol. The van der Waals surface area contributed by atoms with Gasteiger partial charge in [0, 0.05) is 17.7 Å². The molecule has 2 aliphatic rings. The highest BCUT2D eigenvalue weighted by atomic mass is 16.3. The number of carbonyl (C=O) groups excluding carboxylic acids is 2. The van der Waals surface area contributed by atoms with Crippen LogP contribution in [0.2, 0.25) is 0 Å². The molecule has 0 aromatic heterocycles. The third kappa shape index (κ3) is 2.32. The average Bonchev–Trinajstić information content (AvgIpc) is 2.89. The molecule has 0 bridgehead atoms. The summed E-state index contributed by atoms with van der Waals surface area (Å²) in [5.41, 5.74) is 1.17. The summed E-state index contributed by atoms with van der Waals surface area (Å²) >= 11 is 0. The fraction of sp³-hybridized carbons (Fsp3) is 0.364. The summed E-state index contributed by atoms with van der Waals surface area (Å²) in [4.78, 5) is 28.1. The number of ketones is 1. The minimum absolute atomic E-state index is 0.130. The van der Waals surface area contributed by atoms with Crippen LogP contribution >= 0.6 is 0 Å². The Hall–Kier alpha value is -2.46. The lowest BCUT2D eigenvalue weighted by Gasteiger charge is -2.34. The van der Waals surface area contributed by atoms with Gasteiger partial charge in [-0.25, -0.2) is 0 Å². The van der Waals surface area contributed by atoms with Gasteiger partial charge in [-0.2, -0.15) is 0 Å². The number of anilines is 1. The molecule has 1 aliphatic carbocycles. The van der Waals surface area contributed by atoms with Crippen molar-refractivity contribution in [3.8, 4) is 0 Å². The van der Waals surface area contributed by atoms with E-state index in [0.717, 1.165) is 24.1 Å². The van der Waals surface area contributed by atoms with Crippen molar-refractivity contribution in [3.05, 3.63) is 65.2 Å². The Bertz CT molecular complexity index is 875. The van der Waals surface area contributed by atoms with Crippen molar-refractivity contribution in [3.63, 3.8) is 0 Å². The van der Waals surface area contributed by atoms with Gasteiger partial charge in [0.05, 0.1) is 11.6 Å². The minimum atomic E-state index is -1.77. The third-order valence-electron chi connectivity index (χ3n) is 5.72. The Morgan fingerprint density at radius 1 is 1.12 bits per heavy atom. The van der Waals surface area contributed by atoms with Gasteiger partial charge in [-0.15, -0.1) is 0 Å². The molecule has 0 saturated heterocycles. The molecule has 2 atom stereocenters. The summed E-state index contributed by atoms with van der Waals surface area (Å²) in [5.74, 6) is -1.22. The summed E-state index contributed by atoms with van der Waals surface area (Å²) in [6, 6.07) is 14.8. The van der Waals surface area contributed by atoms with E-state index in [1.807, 2.05) is 36.4 Å². The van der Waals surface area contributed by atoms with Gasteiger partial charge in [0.1, 0.15) is 0 Å². The smallest absolute Gasteiger partial charge is 0.264 e. The maximum absolute atomic E-state index is 13.3. The summed E-state index contributed by atoms with van der Waals surface area (Å²) in [7, 11) is 0. The standard InChI is InChI=1S/C22H23NO3/c1-2-3-14-23-19-11-7-6-10-17(19)22(26,21(23)25)18-13-12-15-8-4-5-9-16(15)20(18)24/h4-11,18,26H,2-3,12-14H2,1H3/t18-,22-/m0/s1. The van der Waals surface area contributed by atoms with E-state index in [-0.39, 0.29) is 11.7 Å². The van der Waals surface area contributed by atoms with Crippen LogP contribution in [-0.2, 0) is 16.8 Å². The van der Waals surface area contributed by atoms with Gasteiger partial charge in [-0.1, -0.05) is 55.8 Å². The molecule has 1 heterocycles. The Morgan fingerprint density at radius 3 is 2.65 bits per heavy atom. The van der Waals surface area contributed by atoms with Crippen LogP contribution in [0.5, 0.6) is 0 Å². The molecule has 4 rings (SSSR count). The number of hydrogen-bond acceptors (Lipinski definition) is 3. The van der Waals surface area contributed by atoms with E-state index in [9.17, 15) is 14.7 Å². The van der Waals surface area contributed by atoms with Crippen molar-refractivity contribution in [1.29, 1.82) is 0 Å². The van der Waals surface area contributed by atoms with Crippen molar-refractivity contribution in [2.24, 2.45) is 5.92 Å². The van der Waals surface area contributed by atoms with E-state index in [1.54, 1.807) is 17.0 Å². The first-order valence-electron chi connectivity index (χ1n) is 9.35. The Kier molecular flexibility index (Phi) is 4.16. The summed E-state index contributed by atoms with van der Waals surface area (Å²) in [6.45, 7) is 2.63. The first-order valence-corrected chi connectivity index (χ1v) is 9.35. The fourth-order valence-corrected chi connectivity index (χ4v) is 4.33. The maximum Gasteiger partial charge on any atom is 0.264 e. The molecule has 0 saturated carbocycles. The lowest BCUT2D eigenvalue weighted by atomic mass is 9.71. The summed E-state index contributed by atoms with van der Waals surface area (Å²) < 4.78 is 0. The molecule has 1 N–H and O–H groups in total. The number of nitrogens with zero attached hydrogens (tertiary/aromatic N) is 1. The number of aliphatic hydroxyl groups is 1. The van der Waals surface area contributed by atoms with E-state index in [4.69, 9.17) is 0 Å². The van der Waals surface area contributed by atoms with Crippen LogP contribution in [0.3, 0.4) is 0 Å². The molecule has 0 spiro atoms. The van der Waals surface area contributed by atoms with E-state index in [2.05, 4.69) is 6.92 Å². The first kappa shape index (κ1) is 17.0. The monoisotopic (exact) mass is 349 g/mol. The highest BCUT2D eigenvalue weighted by Gasteiger charge is 2.57. The maximum atomic E-state index is 13.3. The Morgan fingerprint density at radius 2 is 1.85 bits per heavy atom. The van der Waals surface area contributed by atoms with Gasteiger partial charge in [0.25, 0.3) is 5.91 Å². The van der Waals surface area contributed by atoms with Crippen LogP contribution < -0.4 is 4.90 Å². The molecule has 4 heteroatoms. The van der Waals surface area contributed by atoms with Gasteiger partial charge in [-0.3, -0.25) is 9.59 Å².